The summed E-state index contributed by atoms with van der Waals surface area (Å²) >= 11 is 0. The molecule has 3 heteroatoms. The van der Waals surface area contributed by atoms with E-state index in [9.17, 15) is 0 Å². The van der Waals surface area contributed by atoms with Gasteiger partial charge in [-0.15, -0.1) is 0 Å². The third-order valence-corrected chi connectivity index (χ3v) is 4.41. The van der Waals surface area contributed by atoms with Gasteiger partial charge >= 0.3 is 0 Å². The molecule has 1 aliphatic rings. The first-order valence-electron chi connectivity index (χ1n) is 8.28. The lowest BCUT2D eigenvalue weighted by molar-refractivity contribution is 0.0546. The van der Waals surface area contributed by atoms with Gasteiger partial charge in [0.05, 0.1) is 12.7 Å². The van der Waals surface area contributed by atoms with E-state index in [1.807, 2.05) is 7.11 Å². The number of benzene rings is 1. The van der Waals surface area contributed by atoms with Crippen molar-refractivity contribution >= 4 is 0 Å². The van der Waals surface area contributed by atoms with E-state index < -0.39 is 0 Å². The summed E-state index contributed by atoms with van der Waals surface area (Å²) in [5, 5.41) is 3.63. The highest BCUT2D eigenvalue weighted by molar-refractivity contribution is 5.37. The normalized spacial score (nSPS) is 20.4. The van der Waals surface area contributed by atoms with E-state index >= 15 is 0 Å². The van der Waals surface area contributed by atoms with Crippen LogP contribution in [0, 0.1) is 0 Å². The van der Waals surface area contributed by atoms with Crippen molar-refractivity contribution in [2.24, 2.45) is 0 Å². The second kappa shape index (κ2) is 8.40. The minimum absolute atomic E-state index is 0.296. The lowest BCUT2D eigenvalue weighted by Gasteiger charge is -2.33. The van der Waals surface area contributed by atoms with Crippen LogP contribution in [0.2, 0.25) is 0 Å². The maximum absolute atomic E-state index is 5.78. The molecule has 2 rings (SSSR count). The molecule has 3 nitrogen and oxygen atoms in total. The molecule has 0 aliphatic carbocycles. The standard InChI is InChI=1S/C18H29NO2/c1-4-8-18(20-3)16(19-5-2)13-14-11-12-21-17-10-7-6-9-15(14)17/h6-7,9-10,14,16,18-19H,4-5,8,11-13H2,1-3H3. The Morgan fingerprint density at radius 2 is 2.14 bits per heavy atom. The van der Waals surface area contributed by atoms with Gasteiger partial charge in [-0.05, 0) is 43.4 Å². The van der Waals surface area contributed by atoms with Crippen molar-refractivity contribution in [2.75, 3.05) is 20.3 Å². The second-order valence-corrected chi connectivity index (χ2v) is 5.83. The number of para-hydroxylation sites is 1. The summed E-state index contributed by atoms with van der Waals surface area (Å²) in [6.45, 7) is 6.20. The maximum atomic E-state index is 5.78. The van der Waals surface area contributed by atoms with Gasteiger partial charge in [0.25, 0.3) is 0 Å². The number of hydrogen-bond acceptors (Lipinski definition) is 3. The summed E-state index contributed by atoms with van der Waals surface area (Å²) in [5.74, 6) is 1.63. The van der Waals surface area contributed by atoms with Gasteiger partial charge in [0.15, 0.2) is 0 Å². The molecule has 0 bridgehead atoms. The number of nitrogens with one attached hydrogen (secondary N) is 1. The largest absolute Gasteiger partial charge is 0.493 e. The van der Waals surface area contributed by atoms with Crippen molar-refractivity contribution < 1.29 is 9.47 Å². The Kier molecular flexibility index (Phi) is 6.52. The molecular formula is C18H29NO2. The van der Waals surface area contributed by atoms with Gasteiger partial charge in [-0.3, -0.25) is 0 Å². The zero-order valence-electron chi connectivity index (χ0n) is 13.6. The average Bonchev–Trinajstić information content (AvgIpc) is 2.52. The lowest BCUT2D eigenvalue weighted by Crippen LogP contribution is -2.42. The fourth-order valence-corrected chi connectivity index (χ4v) is 3.36. The SMILES string of the molecule is CCCC(OC)C(CC1CCOc2ccccc21)NCC. The van der Waals surface area contributed by atoms with Crippen molar-refractivity contribution in [2.45, 2.75) is 57.6 Å². The van der Waals surface area contributed by atoms with Gasteiger partial charge in [0.2, 0.25) is 0 Å². The van der Waals surface area contributed by atoms with Crippen LogP contribution in [0.5, 0.6) is 5.75 Å². The van der Waals surface area contributed by atoms with Crippen LogP contribution in [-0.4, -0.2) is 32.4 Å². The Labute approximate surface area is 129 Å². The Morgan fingerprint density at radius 1 is 1.33 bits per heavy atom. The molecule has 0 saturated heterocycles. The van der Waals surface area contributed by atoms with Crippen LogP contribution < -0.4 is 10.1 Å². The Bertz CT molecular complexity index is 421. The highest BCUT2D eigenvalue weighted by Gasteiger charge is 2.28. The minimum atomic E-state index is 0.296. The molecule has 0 radical (unpaired) electrons. The second-order valence-electron chi connectivity index (χ2n) is 5.83. The van der Waals surface area contributed by atoms with E-state index in [4.69, 9.17) is 9.47 Å². The summed E-state index contributed by atoms with van der Waals surface area (Å²) in [6.07, 6.45) is 4.78. The molecule has 0 fully saturated rings. The number of likely N-dealkylation sites (N-methyl/N-ethyl adjacent to an activating group) is 1. The van der Waals surface area contributed by atoms with E-state index in [0.29, 0.717) is 18.1 Å². The molecule has 0 amide bonds. The van der Waals surface area contributed by atoms with Crippen molar-refractivity contribution in [3.8, 4) is 5.75 Å². The Morgan fingerprint density at radius 3 is 2.86 bits per heavy atom. The number of methoxy groups -OCH3 is 1. The summed E-state index contributed by atoms with van der Waals surface area (Å²) in [4.78, 5) is 0. The van der Waals surface area contributed by atoms with Crippen LogP contribution in [0.25, 0.3) is 0 Å². The summed E-state index contributed by atoms with van der Waals surface area (Å²) in [7, 11) is 1.84. The zero-order chi connectivity index (χ0) is 15.1. The fourth-order valence-electron chi connectivity index (χ4n) is 3.36. The first kappa shape index (κ1) is 16.3. The van der Waals surface area contributed by atoms with Gasteiger partial charge in [0, 0.05) is 13.2 Å². The lowest BCUT2D eigenvalue weighted by atomic mass is 9.85. The molecule has 21 heavy (non-hydrogen) atoms. The molecule has 3 unspecified atom stereocenters. The molecule has 3 atom stereocenters. The van der Waals surface area contributed by atoms with Crippen LogP contribution in [-0.2, 0) is 4.74 Å². The number of fused-ring (bicyclic) bond motifs is 1. The highest BCUT2D eigenvalue weighted by atomic mass is 16.5. The Hall–Kier alpha value is -1.06. The van der Waals surface area contributed by atoms with E-state index in [1.165, 1.54) is 5.56 Å². The number of hydrogen-bond donors (Lipinski definition) is 1. The number of rotatable bonds is 8. The highest BCUT2D eigenvalue weighted by Crippen LogP contribution is 2.36. The molecule has 0 saturated carbocycles. The third-order valence-electron chi connectivity index (χ3n) is 4.41. The van der Waals surface area contributed by atoms with Gasteiger partial charge < -0.3 is 14.8 Å². The first-order valence-corrected chi connectivity index (χ1v) is 8.28. The molecular weight excluding hydrogens is 262 g/mol. The third kappa shape index (κ3) is 4.21. The predicted molar refractivity (Wildman–Crippen MR) is 87.1 cm³/mol. The van der Waals surface area contributed by atoms with Gasteiger partial charge in [-0.1, -0.05) is 38.5 Å². The van der Waals surface area contributed by atoms with E-state index in [0.717, 1.165) is 44.6 Å². The maximum Gasteiger partial charge on any atom is 0.122 e. The van der Waals surface area contributed by atoms with Crippen LogP contribution in [0.1, 0.15) is 51.0 Å². The summed E-state index contributed by atoms with van der Waals surface area (Å²) in [6, 6.07) is 8.88. The van der Waals surface area contributed by atoms with E-state index in [-0.39, 0.29) is 0 Å². The first-order chi connectivity index (χ1) is 10.3. The van der Waals surface area contributed by atoms with Crippen LogP contribution >= 0.6 is 0 Å². The number of ether oxygens (including phenoxy) is 2. The predicted octanol–water partition coefficient (Wildman–Crippen LogP) is 3.74. The van der Waals surface area contributed by atoms with Gasteiger partial charge in [-0.25, -0.2) is 0 Å². The van der Waals surface area contributed by atoms with Gasteiger partial charge in [0.1, 0.15) is 5.75 Å². The molecule has 1 N–H and O–H groups in total. The molecule has 1 heterocycles. The van der Waals surface area contributed by atoms with E-state index in [2.05, 4.69) is 43.4 Å². The van der Waals surface area contributed by atoms with Crippen molar-refractivity contribution in [3.05, 3.63) is 29.8 Å². The molecule has 118 valence electrons. The molecule has 1 aromatic carbocycles. The van der Waals surface area contributed by atoms with Crippen LogP contribution in [0.4, 0.5) is 0 Å². The molecule has 0 spiro atoms. The van der Waals surface area contributed by atoms with Gasteiger partial charge in [-0.2, -0.15) is 0 Å². The van der Waals surface area contributed by atoms with Crippen molar-refractivity contribution in [1.82, 2.24) is 5.32 Å². The van der Waals surface area contributed by atoms with Crippen molar-refractivity contribution in [3.63, 3.8) is 0 Å². The summed E-state index contributed by atoms with van der Waals surface area (Å²) in [5.41, 5.74) is 1.36. The Balaban J connectivity index is 2.10. The van der Waals surface area contributed by atoms with Crippen LogP contribution in [0.15, 0.2) is 24.3 Å². The molecule has 0 aromatic heterocycles. The monoisotopic (exact) mass is 291 g/mol. The zero-order valence-corrected chi connectivity index (χ0v) is 13.6. The quantitative estimate of drug-likeness (QED) is 0.791. The topological polar surface area (TPSA) is 30.5 Å². The summed E-state index contributed by atoms with van der Waals surface area (Å²) < 4.78 is 11.5. The average molecular weight is 291 g/mol. The molecule has 1 aliphatic heterocycles. The minimum Gasteiger partial charge on any atom is -0.493 e. The van der Waals surface area contributed by atoms with Crippen molar-refractivity contribution in [1.29, 1.82) is 0 Å². The smallest absolute Gasteiger partial charge is 0.122 e. The van der Waals surface area contributed by atoms with E-state index in [1.54, 1.807) is 0 Å². The fraction of sp³-hybridized carbons (Fsp3) is 0.667. The van der Waals surface area contributed by atoms with Crippen LogP contribution in [0.3, 0.4) is 0 Å². The molecule has 1 aromatic rings.